The monoisotopic (exact) mass is 301 g/mol. The maximum atomic E-state index is 3.80. The average molecular weight is 302 g/mol. The number of piperidine rings is 1. The molecule has 2 aliphatic rings. The molecular weight excluding hydrogens is 274 g/mol. The third kappa shape index (κ3) is 3.47. The van der Waals surface area contributed by atoms with Crippen LogP contribution in [-0.4, -0.2) is 29.9 Å². The van der Waals surface area contributed by atoms with Gasteiger partial charge in [-0.2, -0.15) is 0 Å². The van der Waals surface area contributed by atoms with Crippen LogP contribution in [0.1, 0.15) is 52.4 Å². The predicted octanol–water partition coefficient (Wildman–Crippen LogP) is 4.31. The van der Waals surface area contributed by atoms with Gasteiger partial charge in [-0.25, -0.2) is 0 Å². The number of likely N-dealkylation sites (tertiary alicyclic amines) is 1. The Morgan fingerprint density at radius 1 is 1.12 bits per heavy atom. The van der Waals surface area contributed by atoms with Gasteiger partial charge in [0.15, 0.2) is 0 Å². The molecule has 1 heterocycles. The molecule has 1 aliphatic carbocycles. The fourth-order valence-corrected chi connectivity index (χ4v) is 4.34. The maximum Gasteiger partial charge on any atom is 0.0100 e. The van der Waals surface area contributed by atoms with Gasteiger partial charge in [-0.1, -0.05) is 49.0 Å². The molecule has 100 valence electrons. The van der Waals surface area contributed by atoms with Crippen LogP contribution in [-0.2, 0) is 0 Å². The van der Waals surface area contributed by atoms with E-state index < -0.39 is 0 Å². The van der Waals surface area contributed by atoms with Gasteiger partial charge < -0.3 is 4.90 Å². The minimum absolute atomic E-state index is 0.596. The molecule has 0 amide bonds. The average Bonchev–Trinajstić information content (AvgIpc) is 2.35. The first-order valence-electron chi connectivity index (χ1n) is 7.43. The summed E-state index contributed by atoms with van der Waals surface area (Å²) in [4.78, 5) is 2.75. The van der Waals surface area contributed by atoms with Crippen molar-refractivity contribution in [3.05, 3.63) is 0 Å². The van der Waals surface area contributed by atoms with Gasteiger partial charge in [0.05, 0.1) is 0 Å². The Hall–Kier alpha value is 0.440. The third-order valence-corrected chi connectivity index (χ3v) is 6.36. The first-order chi connectivity index (χ1) is 8.15. The van der Waals surface area contributed by atoms with E-state index in [4.69, 9.17) is 0 Å². The number of nitrogens with zero attached hydrogens (tertiary/aromatic N) is 1. The van der Waals surface area contributed by atoms with Gasteiger partial charge in [0.1, 0.15) is 0 Å². The summed E-state index contributed by atoms with van der Waals surface area (Å²) in [5.74, 6) is 1.82. The summed E-state index contributed by atoms with van der Waals surface area (Å²) < 4.78 is 0. The molecule has 1 saturated heterocycles. The predicted molar refractivity (Wildman–Crippen MR) is 78.7 cm³/mol. The molecule has 2 fully saturated rings. The van der Waals surface area contributed by atoms with Crippen LogP contribution in [0.3, 0.4) is 0 Å². The van der Waals surface area contributed by atoms with Gasteiger partial charge in [0.25, 0.3) is 0 Å². The fourth-order valence-electron chi connectivity index (χ4n) is 3.60. The number of halogens is 1. The Labute approximate surface area is 115 Å². The van der Waals surface area contributed by atoms with Gasteiger partial charge >= 0.3 is 0 Å². The van der Waals surface area contributed by atoms with Gasteiger partial charge in [0.2, 0.25) is 0 Å². The van der Waals surface area contributed by atoms with Crippen LogP contribution in [0.5, 0.6) is 0 Å². The summed E-state index contributed by atoms with van der Waals surface area (Å²) >= 11 is 3.80. The van der Waals surface area contributed by atoms with E-state index in [9.17, 15) is 0 Å². The normalized spacial score (nSPS) is 34.8. The number of rotatable bonds is 3. The lowest BCUT2D eigenvalue weighted by Crippen LogP contribution is -2.46. The highest BCUT2D eigenvalue weighted by Gasteiger charge is 2.34. The Morgan fingerprint density at radius 3 is 2.41 bits per heavy atom. The van der Waals surface area contributed by atoms with E-state index >= 15 is 0 Å². The molecule has 1 aliphatic heterocycles. The van der Waals surface area contributed by atoms with E-state index in [-0.39, 0.29) is 0 Å². The van der Waals surface area contributed by atoms with Gasteiger partial charge in [-0.15, -0.1) is 0 Å². The molecule has 0 radical (unpaired) electrons. The van der Waals surface area contributed by atoms with Crippen molar-refractivity contribution in [1.29, 1.82) is 0 Å². The van der Waals surface area contributed by atoms with E-state index in [2.05, 4.69) is 34.7 Å². The molecular formula is C15H28BrN. The highest BCUT2D eigenvalue weighted by Crippen LogP contribution is 2.39. The van der Waals surface area contributed by atoms with Gasteiger partial charge in [-0.05, 0) is 43.1 Å². The molecule has 0 aromatic carbocycles. The second-order valence-electron chi connectivity index (χ2n) is 6.67. The molecule has 0 bridgehead atoms. The zero-order chi connectivity index (χ0) is 12.3. The Morgan fingerprint density at radius 2 is 1.82 bits per heavy atom. The van der Waals surface area contributed by atoms with E-state index in [1.165, 1.54) is 63.5 Å². The lowest BCUT2D eigenvalue weighted by Gasteiger charge is -2.43. The van der Waals surface area contributed by atoms with E-state index in [1.54, 1.807) is 0 Å². The van der Waals surface area contributed by atoms with Crippen LogP contribution in [0.2, 0.25) is 0 Å². The highest BCUT2D eigenvalue weighted by atomic mass is 79.9. The number of hydrogen-bond acceptors (Lipinski definition) is 1. The molecule has 0 aromatic heterocycles. The van der Waals surface area contributed by atoms with Crippen LogP contribution >= 0.6 is 15.9 Å². The zero-order valence-electron chi connectivity index (χ0n) is 11.6. The van der Waals surface area contributed by atoms with Crippen molar-refractivity contribution in [3.8, 4) is 0 Å². The van der Waals surface area contributed by atoms with E-state index in [1.807, 2.05) is 0 Å². The molecule has 0 aromatic rings. The Bertz CT molecular complexity index is 235. The molecule has 2 unspecified atom stereocenters. The van der Waals surface area contributed by atoms with Crippen molar-refractivity contribution in [1.82, 2.24) is 4.90 Å². The maximum absolute atomic E-state index is 3.80. The van der Waals surface area contributed by atoms with Gasteiger partial charge in [-0.3, -0.25) is 0 Å². The third-order valence-electron chi connectivity index (χ3n) is 5.17. The summed E-state index contributed by atoms with van der Waals surface area (Å²) in [6, 6.07) is 0. The molecule has 2 heteroatoms. The zero-order valence-corrected chi connectivity index (χ0v) is 13.1. The van der Waals surface area contributed by atoms with E-state index in [0.29, 0.717) is 5.41 Å². The molecule has 1 nitrogen and oxygen atoms in total. The van der Waals surface area contributed by atoms with Crippen LogP contribution in [0.4, 0.5) is 0 Å². The van der Waals surface area contributed by atoms with Crippen LogP contribution in [0, 0.1) is 17.3 Å². The standard InChI is InChI=1S/C15H28BrN/c1-13-6-9-17(10-14(13)2)12-15(11-16)7-4-3-5-8-15/h13-14H,3-12H2,1-2H3. The first kappa shape index (κ1) is 13.9. The fraction of sp³-hybridized carbons (Fsp3) is 1.00. The Balaban J connectivity index is 1.90. The summed E-state index contributed by atoms with van der Waals surface area (Å²) in [5.41, 5.74) is 0.596. The number of hydrogen-bond donors (Lipinski definition) is 0. The van der Waals surface area contributed by atoms with Crippen molar-refractivity contribution in [3.63, 3.8) is 0 Å². The summed E-state index contributed by atoms with van der Waals surface area (Å²) in [6.45, 7) is 8.85. The summed E-state index contributed by atoms with van der Waals surface area (Å²) in [5, 5.41) is 1.21. The topological polar surface area (TPSA) is 3.24 Å². The Kier molecular flexibility index (Phi) is 4.94. The van der Waals surface area contributed by atoms with Crippen LogP contribution in [0.25, 0.3) is 0 Å². The van der Waals surface area contributed by atoms with Crippen LogP contribution < -0.4 is 0 Å². The SMILES string of the molecule is CC1CCN(CC2(CBr)CCCCC2)CC1C. The van der Waals surface area contributed by atoms with E-state index in [0.717, 1.165) is 11.8 Å². The largest absolute Gasteiger partial charge is 0.302 e. The second kappa shape index (κ2) is 6.06. The molecule has 2 rings (SSSR count). The molecule has 17 heavy (non-hydrogen) atoms. The van der Waals surface area contributed by atoms with Crippen molar-refractivity contribution in [2.75, 3.05) is 25.0 Å². The van der Waals surface area contributed by atoms with Crippen LogP contribution in [0.15, 0.2) is 0 Å². The minimum Gasteiger partial charge on any atom is -0.302 e. The van der Waals surface area contributed by atoms with Crippen molar-refractivity contribution >= 4 is 15.9 Å². The number of alkyl halides is 1. The van der Waals surface area contributed by atoms with Gasteiger partial charge in [0, 0.05) is 18.4 Å². The molecule has 0 N–H and O–H groups in total. The molecule has 1 saturated carbocycles. The van der Waals surface area contributed by atoms with Crippen molar-refractivity contribution in [2.24, 2.45) is 17.3 Å². The van der Waals surface area contributed by atoms with Crippen molar-refractivity contribution in [2.45, 2.75) is 52.4 Å². The lowest BCUT2D eigenvalue weighted by molar-refractivity contribution is 0.0733. The smallest absolute Gasteiger partial charge is 0.0100 e. The molecule has 2 atom stereocenters. The van der Waals surface area contributed by atoms with Crippen molar-refractivity contribution < 1.29 is 0 Å². The minimum atomic E-state index is 0.596. The second-order valence-corrected chi connectivity index (χ2v) is 7.23. The quantitative estimate of drug-likeness (QED) is 0.702. The lowest BCUT2D eigenvalue weighted by atomic mass is 9.74. The molecule has 0 spiro atoms. The summed E-state index contributed by atoms with van der Waals surface area (Å²) in [6.07, 6.45) is 8.65. The first-order valence-corrected chi connectivity index (χ1v) is 8.56. The summed E-state index contributed by atoms with van der Waals surface area (Å²) in [7, 11) is 0. The highest BCUT2D eigenvalue weighted by molar-refractivity contribution is 9.09.